The van der Waals surface area contributed by atoms with Crippen LogP contribution in [0.2, 0.25) is 0 Å². The number of amides is 2. The Kier molecular flexibility index (Phi) is 4.95. The first-order valence-electron chi connectivity index (χ1n) is 6.79. The third kappa shape index (κ3) is 3.41. The van der Waals surface area contributed by atoms with Crippen LogP contribution in [0.25, 0.3) is 0 Å². The number of hydrogen-bond donors (Lipinski definition) is 0. The second kappa shape index (κ2) is 6.71. The van der Waals surface area contributed by atoms with Crippen molar-refractivity contribution in [2.24, 2.45) is 0 Å². The van der Waals surface area contributed by atoms with Gasteiger partial charge in [0.25, 0.3) is 5.91 Å². The summed E-state index contributed by atoms with van der Waals surface area (Å²) in [5.74, 6) is -0.795. The quantitative estimate of drug-likeness (QED) is 0.780. The summed E-state index contributed by atoms with van der Waals surface area (Å²) < 4.78 is 4.88. The Balaban J connectivity index is 2.18. The number of ether oxygens (including phenoxy) is 1. The second-order valence-corrected chi connectivity index (χ2v) is 5.67. The molecule has 1 aliphatic rings. The number of rotatable bonds is 4. The maximum atomic E-state index is 12.6. The summed E-state index contributed by atoms with van der Waals surface area (Å²) in [6.45, 7) is 4.16. The minimum atomic E-state index is -0.634. The molecule has 0 saturated carbocycles. The predicted molar refractivity (Wildman–Crippen MR) is 77.7 cm³/mol. The molecule has 0 bridgehead atoms. The second-order valence-electron chi connectivity index (χ2n) is 4.70. The summed E-state index contributed by atoms with van der Waals surface area (Å²) in [4.78, 5) is 39.8. The van der Waals surface area contributed by atoms with Gasteiger partial charge in [-0.05, 0) is 18.4 Å². The number of piperazine rings is 1. The Morgan fingerprint density at radius 2 is 2.19 bits per heavy atom. The first kappa shape index (κ1) is 15.5. The van der Waals surface area contributed by atoms with E-state index in [-0.39, 0.29) is 25.0 Å². The fraction of sp³-hybridized carbons (Fsp3) is 0.500. The van der Waals surface area contributed by atoms with Gasteiger partial charge in [-0.25, -0.2) is 0 Å². The maximum absolute atomic E-state index is 12.6. The molecule has 1 saturated heterocycles. The van der Waals surface area contributed by atoms with E-state index >= 15 is 0 Å². The van der Waals surface area contributed by atoms with Crippen molar-refractivity contribution in [3.63, 3.8) is 0 Å². The normalized spacial score (nSPS) is 18.8. The third-order valence-corrected chi connectivity index (χ3v) is 4.24. The lowest BCUT2D eigenvalue weighted by Gasteiger charge is -2.39. The molecule has 1 unspecified atom stereocenters. The van der Waals surface area contributed by atoms with Crippen LogP contribution in [0.3, 0.4) is 0 Å². The SMILES string of the molecule is CCOC(=O)CN1CCN(C(C)=O)C(c2cccs2)C1=O. The molecule has 1 fully saturated rings. The molecule has 0 aromatic carbocycles. The number of esters is 1. The van der Waals surface area contributed by atoms with Crippen LogP contribution in [0, 0.1) is 0 Å². The van der Waals surface area contributed by atoms with Crippen LogP contribution >= 0.6 is 11.3 Å². The number of carbonyl (C=O) groups is 3. The summed E-state index contributed by atoms with van der Waals surface area (Å²) in [5.41, 5.74) is 0. The van der Waals surface area contributed by atoms with Crippen molar-refractivity contribution in [1.82, 2.24) is 9.80 Å². The van der Waals surface area contributed by atoms with Gasteiger partial charge in [-0.2, -0.15) is 0 Å². The van der Waals surface area contributed by atoms with Gasteiger partial charge < -0.3 is 14.5 Å². The van der Waals surface area contributed by atoms with Crippen molar-refractivity contribution in [1.29, 1.82) is 0 Å². The zero-order valence-corrected chi connectivity index (χ0v) is 12.9. The van der Waals surface area contributed by atoms with Crippen molar-refractivity contribution in [3.8, 4) is 0 Å². The molecule has 0 N–H and O–H groups in total. The monoisotopic (exact) mass is 310 g/mol. The lowest BCUT2D eigenvalue weighted by atomic mass is 10.1. The van der Waals surface area contributed by atoms with Crippen molar-refractivity contribution in [3.05, 3.63) is 22.4 Å². The van der Waals surface area contributed by atoms with Crippen LogP contribution < -0.4 is 0 Å². The molecule has 0 spiro atoms. The summed E-state index contributed by atoms with van der Waals surface area (Å²) in [7, 11) is 0. The van der Waals surface area contributed by atoms with Gasteiger partial charge in [0, 0.05) is 24.9 Å². The van der Waals surface area contributed by atoms with Gasteiger partial charge >= 0.3 is 5.97 Å². The molecule has 2 rings (SSSR count). The summed E-state index contributed by atoms with van der Waals surface area (Å²) in [6, 6.07) is 3.04. The third-order valence-electron chi connectivity index (χ3n) is 3.31. The number of nitrogens with zero attached hydrogens (tertiary/aromatic N) is 2. The van der Waals surface area contributed by atoms with Crippen molar-refractivity contribution in [2.75, 3.05) is 26.2 Å². The van der Waals surface area contributed by atoms with Crippen LogP contribution in [0.4, 0.5) is 0 Å². The van der Waals surface area contributed by atoms with E-state index in [1.54, 1.807) is 11.8 Å². The average Bonchev–Trinajstić information content (AvgIpc) is 2.94. The number of carbonyl (C=O) groups excluding carboxylic acids is 3. The Morgan fingerprint density at radius 1 is 1.43 bits per heavy atom. The zero-order chi connectivity index (χ0) is 15.4. The molecule has 1 aromatic heterocycles. The molecular weight excluding hydrogens is 292 g/mol. The van der Waals surface area contributed by atoms with Gasteiger partial charge in [0.15, 0.2) is 0 Å². The Hall–Kier alpha value is -1.89. The molecule has 0 radical (unpaired) electrons. The fourth-order valence-corrected chi connectivity index (χ4v) is 3.18. The highest BCUT2D eigenvalue weighted by molar-refractivity contribution is 7.10. The summed E-state index contributed by atoms with van der Waals surface area (Å²) in [6.07, 6.45) is 0. The highest BCUT2D eigenvalue weighted by Gasteiger charge is 2.38. The standard InChI is InChI=1S/C14H18N2O4S/c1-3-20-12(18)9-15-6-7-16(10(2)17)13(14(15)19)11-5-4-8-21-11/h4-5,8,13H,3,6-7,9H2,1-2H3. The molecular formula is C14H18N2O4S. The van der Waals surface area contributed by atoms with Gasteiger partial charge in [-0.1, -0.05) is 6.07 Å². The van der Waals surface area contributed by atoms with Crippen molar-refractivity contribution < 1.29 is 19.1 Å². The lowest BCUT2D eigenvalue weighted by Crippen LogP contribution is -2.54. The Labute approximate surface area is 127 Å². The molecule has 1 aromatic rings. The van der Waals surface area contributed by atoms with E-state index in [0.29, 0.717) is 13.1 Å². The highest BCUT2D eigenvalue weighted by Crippen LogP contribution is 2.30. The molecule has 114 valence electrons. The van der Waals surface area contributed by atoms with Gasteiger partial charge in [0.1, 0.15) is 12.6 Å². The Bertz CT molecular complexity index is 529. The van der Waals surface area contributed by atoms with E-state index in [1.165, 1.54) is 23.2 Å². The van der Waals surface area contributed by atoms with Gasteiger partial charge in [0.2, 0.25) is 5.91 Å². The van der Waals surface area contributed by atoms with E-state index in [4.69, 9.17) is 4.74 Å². The smallest absolute Gasteiger partial charge is 0.325 e. The van der Waals surface area contributed by atoms with Crippen molar-refractivity contribution >= 4 is 29.1 Å². The summed E-state index contributed by atoms with van der Waals surface area (Å²) in [5, 5.41) is 1.87. The largest absolute Gasteiger partial charge is 0.465 e. The maximum Gasteiger partial charge on any atom is 0.325 e. The van der Waals surface area contributed by atoms with Gasteiger partial charge in [0.05, 0.1) is 6.61 Å². The minimum absolute atomic E-state index is 0.0692. The van der Waals surface area contributed by atoms with Gasteiger partial charge in [-0.3, -0.25) is 14.4 Å². The molecule has 1 atom stereocenters. The van der Waals surface area contributed by atoms with E-state index in [2.05, 4.69) is 0 Å². The van der Waals surface area contributed by atoms with Crippen LogP contribution in [-0.2, 0) is 19.1 Å². The molecule has 7 heteroatoms. The molecule has 0 aliphatic carbocycles. The Morgan fingerprint density at radius 3 is 2.76 bits per heavy atom. The van der Waals surface area contributed by atoms with Gasteiger partial charge in [-0.15, -0.1) is 11.3 Å². The van der Waals surface area contributed by atoms with E-state index < -0.39 is 12.0 Å². The first-order chi connectivity index (χ1) is 10.0. The van der Waals surface area contributed by atoms with Crippen LogP contribution in [0.5, 0.6) is 0 Å². The lowest BCUT2D eigenvalue weighted by molar-refractivity contribution is -0.156. The number of thiophene rings is 1. The molecule has 21 heavy (non-hydrogen) atoms. The molecule has 2 heterocycles. The van der Waals surface area contributed by atoms with Crippen LogP contribution in [0.15, 0.2) is 17.5 Å². The number of hydrogen-bond acceptors (Lipinski definition) is 5. The average molecular weight is 310 g/mol. The van der Waals surface area contributed by atoms with Crippen LogP contribution in [-0.4, -0.2) is 53.8 Å². The highest BCUT2D eigenvalue weighted by atomic mass is 32.1. The molecule has 2 amide bonds. The van der Waals surface area contributed by atoms with Crippen LogP contribution in [0.1, 0.15) is 24.8 Å². The fourth-order valence-electron chi connectivity index (χ4n) is 2.35. The molecule has 1 aliphatic heterocycles. The van der Waals surface area contributed by atoms with E-state index in [0.717, 1.165) is 4.88 Å². The van der Waals surface area contributed by atoms with Crippen molar-refractivity contribution in [2.45, 2.75) is 19.9 Å². The van der Waals surface area contributed by atoms with E-state index in [1.807, 2.05) is 17.5 Å². The summed E-state index contributed by atoms with van der Waals surface area (Å²) >= 11 is 1.43. The zero-order valence-electron chi connectivity index (χ0n) is 12.1. The predicted octanol–water partition coefficient (Wildman–Crippen LogP) is 1.04. The minimum Gasteiger partial charge on any atom is -0.465 e. The topological polar surface area (TPSA) is 66.9 Å². The first-order valence-corrected chi connectivity index (χ1v) is 7.67. The van der Waals surface area contributed by atoms with E-state index in [9.17, 15) is 14.4 Å². The molecule has 6 nitrogen and oxygen atoms in total.